The number of amides is 2. The molecule has 2 amide bonds. The lowest BCUT2D eigenvalue weighted by Gasteiger charge is -2.37. The first-order chi connectivity index (χ1) is 13.8. The van der Waals surface area contributed by atoms with Gasteiger partial charge in [-0.05, 0) is 54.3 Å². The van der Waals surface area contributed by atoms with Gasteiger partial charge >= 0.3 is 12.0 Å². The third-order valence-corrected chi connectivity index (χ3v) is 5.31. The van der Waals surface area contributed by atoms with Crippen molar-refractivity contribution in [3.8, 4) is 11.5 Å². The second-order valence-electron chi connectivity index (χ2n) is 6.85. The summed E-state index contributed by atoms with van der Waals surface area (Å²) in [4.78, 5) is 26.1. The fourth-order valence-electron chi connectivity index (χ4n) is 3.57. The maximum Gasteiger partial charge on any atom is 0.322 e. The Bertz CT molecular complexity index is 947. The maximum absolute atomic E-state index is 13.0. The quantitative estimate of drug-likeness (QED) is 0.756. The number of carboxylic acid groups (broad SMARTS) is 1. The van der Waals surface area contributed by atoms with Gasteiger partial charge in [0.25, 0.3) is 0 Å². The molecule has 2 aromatic carbocycles. The van der Waals surface area contributed by atoms with Gasteiger partial charge in [0.2, 0.25) is 0 Å². The molecule has 1 aliphatic heterocycles. The van der Waals surface area contributed by atoms with E-state index < -0.39 is 12.0 Å². The molecule has 3 rings (SSSR count). The van der Waals surface area contributed by atoms with Crippen LogP contribution in [0, 0.1) is 6.92 Å². The Labute approximate surface area is 174 Å². The average Bonchev–Trinajstić information content (AvgIpc) is 2.69. The lowest BCUT2D eigenvalue weighted by atomic mass is 9.90. The highest BCUT2D eigenvalue weighted by Crippen LogP contribution is 2.39. The van der Waals surface area contributed by atoms with E-state index in [9.17, 15) is 14.7 Å². The largest absolute Gasteiger partial charge is 0.493 e. The molecule has 0 fully saturated rings. The number of aryl methyl sites for hydroxylation is 1. The molecule has 29 heavy (non-hydrogen) atoms. The number of carbonyl (C=O) groups excluding carboxylic acids is 1. The first-order valence-corrected chi connectivity index (χ1v) is 9.52. The van der Waals surface area contributed by atoms with Crippen molar-refractivity contribution in [3.05, 3.63) is 52.0 Å². The van der Waals surface area contributed by atoms with Crippen LogP contribution in [0.3, 0.4) is 0 Å². The Balaban J connectivity index is 1.96. The van der Waals surface area contributed by atoms with Crippen LogP contribution < -0.4 is 14.8 Å². The smallest absolute Gasteiger partial charge is 0.322 e. The van der Waals surface area contributed by atoms with Gasteiger partial charge in [0.15, 0.2) is 11.5 Å². The summed E-state index contributed by atoms with van der Waals surface area (Å²) in [7, 11) is 3.07. The summed E-state index contributed by atoms with van der Waals surface area (Å²) in [6.45, 7) is 2.25. The van der Waals surface area contributed by atoms with Crippen LogP contribution in [0.4, 0.5) is 10.5 Å². The van der Waals surface area contributed by atoms with Crippen LogP contribution in [-0.2, 0) is 11.2 Å². The first-order valence-electron chi connectivity index (χ1n) is 9.14. The Morgan fingerprint density at radius 1 is 1.21 bits per heavy atom. The van der Waals surface area contributed by atoms with E-state index in [1.807, 2.05) is 19.1 Å². The van der Waals surface area contributed by atoms with E-state index in [1.54, 1.807) is 30.2 Å². The Kier molecular flexibility index (Phi) is 6.17. The van der Waals surface area contributed by atoms with E-state index in [-0.39, 0.29) is 12.5 Å². The van der Waals surface area contributed by atoms with Gasteiger partial charge in [0.1, 0.15) is 0 Å². The number of hydrogen-bond donors (Lipinski definition) is 2. The summed E-state index contributed by atoms with van der Waals surface area (Å²) in [5.41, 5.74) is 3.14. The van der Waals surface area contributed by atoms with E-state index in [0.29, 0.717) is 35.2 Å². The number of nitrogens with one attached hydrogen (secondary N) is 1. The molecule has 0 spiro atoms. The van der Waals surface area contributed by atoms with E-state index in [2.05, 4.69) is 5.32 Å². The lowest BCUT2D eigenvalue weighted by molar-refractivity contribution is -0.138. The number of carboxylic acids is 1. The SMILES string of the molecule is COc1cc2c(cc1OC)[C@H](CC(=O)O)N(C(=O)Nc1cc(Cl)ccc1C)CC2. The summed E-state index contributed by atoms with van der Waals surface area (Å²) in [5.74, 6) is 0.0803. The molecule has 1 atom stereocenters. The number of aliphatic carboxylic acids is 1. The summed E-state index contributed by atoms with van der Waals surface area (Å²) in [6.07, 6.45) is 0.359. The van der Waals surface area contributed by atoms with Gasteiger partial charge in [-0.25, -0.2) is 4.79 Å². The maximum atomic E-state index is 13.0. The molecule has 1 aliphatic rings. The minimum atomic E-state index is -0.991. The van der Waals surface area contributed by atoms with Crippen LogP contribution in [0.25, 0.3) is 0 Å². The van der Waals surface area contributed by atoms with Crippen LogP contribution in [-0.4, -0.2) is 42.8 Å². The Morgan fingerprint density at radius 3 is 2.55 bits per heavy atom. The van der Waals surface area contributed by atoms with Crippen LogP contribution >= 0.6 is 11.6 Å². The van der Waals surface area contributed by atoms with Gasteiger partial charge in [-0.2, -0.15) is 0 Å². The molecule has 0 aromatic heterocycles. The van der Waals surface area contributed by atoms with Gasteiger partial charge in [-0.3, -0.25) is 4.79 Å². The molecule has 7 nitrogen and oxygen atoms in total. The number of carbonyl (C=O) groups is 2. The third kappa shape index (κ3) is 4.40. The highest BCUT2D eigenvalue weighted by atomic mass is 35.5. The second kappa shape index (κ2) is 8.61. The minimum Gasteiger partial charge on any atom is -0.493 e. The number of methoxy groups -OCH3 is 2. The van der Waals surface area contributed by atoms with Crippen molar-refractivity contribution in [1.29, 1.82) is 0 Å². The normalized spacial score (nSPS) is 15.4. The molecule has 2 N–H and O–H groups in total. The number of ether oxygens (including phenoxy) is 2. The van der Waals surface area contributed by atoms with E-state index in [1.165, 1.54) is 7.11 Å². The molecule has 0 aliphatic carbocycles. The van der Waals surface area contributed by atoms with Crippen molar-refractivity contribution in [1.82, 2.24) is 4.90 Å². The molecule has 8 heteroatoms. The predicted octanol–water partition coefficient (Wildman–Crippen LogP) is 4.27. The molecule has 0 unspecified atom stereocenters. The zero-order valence-electron chi connectivity index (χ0n) is 16.5. The summed E-state index contributed by atoms with van der Waals surface area (Å²) in [6, 6.07) is 7.83. The number of urea groups is 1. The first kappa shape index (κ1) is 20.8. The third-order valence-electron chi connectivity index (χ3n) is 5.07. The van der Waals surface area contributed by atoms with E-state index >= 15 is 0 Å². The molecule has 1 heterocycles. The molecule has 154 valence electrons. The highest BCUT2D eigenvalue weighted by molar-refractivity contribution is 6.31. The number of nitrogens with zero attached hydrogens (tertiary/aromatic N) is 1. The number of hydrogen-bond acceptors (Lipinski definition) is 4. The van der Waals surface area contributed by atoms with Crippen LogP contribution in [0.1, 0.15) is 29.2 Å². The molecule has 0 bridgehead atoms. The Morgan fingerprint density at radius 2 is 1.90 bits per heavy atom. The van der Waals surface area contributed by atoms with Crippen molar-refractivity contribution in [2.24, 2.45) is 0 Å². The van der Waals surface area contributed by atoms with Gasteiger partial charge in [-0.15, -0.1) is 0 Å². The number of rotatable bonds is 5. The highest BCUT2D eigenvalue weighted by Gasteiger charge is 2.34. The summed E-state index contributed by atoms with van der Waals surface area (Å²) < 4.78 is 10.7. The van der Waals surface area contributed by atoms with Crippen LogP contribution in [0.15, 0.2) is 30.3 Å². The monoisotopic (exact) mass is 418 g/mol. The lowest BCUT2D eigenvalue weighted by Crippen LogP contribution is -2.43. The predicted molar refractivity (Wildman–Crippen MR) is 110 cm³/mol. The molecule has 0 saturated heterocycles. The van der Waals surface area contributed by atoms with Crippen molar-refractivity contribution < 1.29 is 24.2 Å². The van der Waals surface area contributed by atoms with Gasteiger partial charge in [0, 0.05) is 17.3 Å². The number of halogens is 1. The van der Waals surface area contributed by atoms with Crippen molar-refractivity contribution in [3.63, 3.8) is 0 Å². The van der Waals surface area contributed by atoms with Gasteiger partial charge < -0.3 is 24.8 Å². The molecule has 0 saturated carbocycles. The van der Waals surface area contributed by atoms with E-state index in [0.717, 1.165) is 16.7 Å². The zero-order valence-corrected chi connectivity index (χ0v) is 17.2. The number of fused-ring (bicyclic) bond motifs is 1. The number of benzene rings is 2. The van der Waals surface area contributed by atoms with Crippen LogP contribution in [0.2, 0.25) is 5.02 Å². The van der Waals surface area contributed by atoms with Crippen molar-refractivity contribution >= 4 is 29.3 Å². The molecular weight excluding hydrogens is 396 g/mol. The second-order valence-corrected chi connectivity index (χ2v) is 7.29. The number of anilines is 1. The molecule has 0 radical (unpaired) electrons. The standard InChI is InChI=1S/C21H23ClN2O5/c1-12-4-5-14(22)9-16(12)23-21(27)24-7-6-13-8-18(28-2)19(29-3)10-15(13)17(24)11-20(25)26/h4-5,8-10,17H,6-7,11H2,1-3H3,(H,23,27)(H,25,26)/t17-/m0/s1. The fraction of sp³-hybridized carbons (Fsp3) is 0.333. The van der Waals surface area contributed by atoms with Gasteiger partial charge in [0.05, 0.1) is 26.7 Å². The van der Waals surface area contributed by atoms with Gasteiger partial charge in [-0.1, -0.05) is 17.7 Å². The average molecular weight is 419 g/mol. The minimum absolute atomic E-state index is 0.218. The van der Waals surface area contributed by atoms with Crippen molar-refractivity contribution in [2.45, 2.75) is 25.8 Å². The topological polar surface area (TPSA) is 88.1 Å². The fourth-order valence-corrected chi connectivity index (χ4v) is 3.74. The molecular formula is C21H23ClN2O5. The zero-order chi connectivity index (χ0) is 21.1. The summed E-state index contributed by atoms with van der Waals surface area (Å²) in [5, 5.41) is 12.8. The molecule has 2 aromatic rings. The van der Waals surface area contributed by atoms with E-state index in [4.69, 9.17) is 21.1 Å². The summed E-state index contributed by atoms with van der Waals surface area (Å²) >= 11 is 6.04. The Hall–Kier alpha value is -2.93. The van der Waals surface area contributed by atoms with Crippen LogP contribution in [0.5, 0.6) is 11.5 Å². The van der Waals surface area contributed by atoms with Crippen molar-refractivity contribution in [2.75, 3.05) is 26.1 Å².